The van der Waals surface area contributed by atoms with E-state index in [0.717, 1.165) is 30.7 Å². The zero-order valence-electron chi connectivity index (χ0n) is 12.8. The number of hydrogen-bond donors (Lipinski definition) is 1. The summed E-state index contributed by atoms with van der Waals surface area (Å²) >= 11 is 0. The molecule has 1 aliphatic heterocycles. The number of benzene rings is 1. The number of piperidine rings is 1. The van der Waals surface area contributed by atoms with Gasteiger partial charge in [-0.05, 0) is 42.5 Å². The number of likely N-dealkylation sites (tertiary alicyclic amines) is 1. The van der Waals surface area contributed by atoms with Crippen molar-refractivity contribution in [3.8, 4) is 5.75 Å². The van der Waals surface area contributed by atoms with Gasteiger partial charge in [-0.1, -0.05) is 19.1 Å². The van der Waals surface area contributed by atoms with Crippen molar-refractivity contribution in [2.75, 3.05) is 20.2 Å². The third-order valence-electron chi connectivity index (χ3n) is 4.15. The summed E-state index contributed by atoms with van der Waals surface area (Å²) in [4.78, 5) is 14.3. The number of rotatable bonds is 4. The molecule has 4 heteroatoms. The monoisotopic (exact) mass is 288 g/mol. The maximum absolute atomic E-state index is 12.4. The predicted molar refractivity (Wildman–Crippen MR) is 85.0 cm³/mol. The second-order valence-electron chi connectivity index (χ2n) is 5.56. The Morgan fingerprint density at radius 3 is 3.05 bits per heavy atom. The van der Waals surface area contributed by atoms with Gasteiger partial charge in [-0.2, -0.15) is 0 Å². The SMILES string of the molecule is COc1cccc(/C=C/C(=O)N2CCCC(C)C2CN)c1. The van der Waals surface area contributed by atoms with Gasteiger partial charge in [0, 0.05) is 25.2 Å². The van der Waals surface area contributed by atoms with Crippen LogP contribution in [0.4, 0.5) is 0 Å². The molecule has 1 aromatic rings. The first-order valence-corrected chi connectivity index (χ1v) is 7.48. The first-order valence-electron chi connectivity index (χ1n) is 7.48. The van der Waals surface area contributed by atoms with Gasteiger partial charge >= 0.3 is 0 Å². The van der Waals surface area contributed by atoms with Crippen molar-refractivity contribution in [3.63, 3.8) is 0 Å². The van der Waals surface area contributed by atoms with Gasteiger partial charge < -0.3 is 15.4 Å². The molecule has 1 amide bonds. The van der Waals surface area contributed by atoms with Crippen molar-refractivity contribution >= 4 is 12.0 Å². The van der Waals surface area contributed by atoms with Crippen LogP contribution in [0.25, 0.3) is 6.08 Å². The number of ether oxygens (including phenoxy) is 1. The summed E-state index contributed by atoms with van der Waals surface area (Å²) in [5.74, 6) is 1.30. The van der Waals surface area contributed by atoms with Gasteiger partial charge in [0.15, 0.2) is 0 Å². The molecule has 1 aromatic carbocycles. The second kappa shape index (κ2) is 7.27. The van der Waals surface area contributed by atoms with Crippen molar-refractivity contribution in [2.45, 2.75) is 25.8 Å². The van der Waals surface area contributed by atoms with Gasteiger partial charge in [0.25, 0.3) is 0 Å². The molecule has 4 nitrogen and oxygen atoms in total. The summed E-state index contributed by atoms with van der Waals surface area (Å²) in [6.07, 6.45) is 5.66. The molecular weight excluding hydrogens is 264 g/mol. The summed E-state index contributed by atoms with van der Waals surface area (Å²) in [7, 11) is 1.63. The topological polar surface area (TPSA) is 55.6 Å². The van der Waals surface area contributed by atoms with E-state index in [2.05, 4.69) is 6.92 Å². The van der Waals surface area contributed by atoms with E-state index in [9.17, 15) is 4.79 Å². The fraction of sp³-hybridized carbons (Fsp3) is 0.471. The van der Waals surface area contributed by atoms with Crippen LogP contribution in [-0.2, 0) is 4.79 Å². The number of carbonyl (C=O) groups is 1. The Kier molecular flexibility index (Phi) is 5.39. The second-order valence-corrected chi connectivity index (χ2v) is 5.56. The van der Waals surface area contributed by atoms with E-state index in [4.69, 9.17) is 10.5 Å². The van der Waals surface area contributed by atoms with E-state index < -0.39 is 0 Å². The van der Waals surface area contributed by atoms with Crippen LogP contribution in [0.5, 0.6) is 5.75 Å². The van der Waals surface area contributed by atoms with E-state index in [-0.39, 0.29) is 11.9 Å². The van der Waals surface area contributed by atoms with E-state index in [1.807, 2.05) is 35.2 Å². The largest absolute Gasteiger partial charge is 0.497 e. The Bertz CT molecular complexity index is 513. The number of nitrogens with two attached hydrogens (primary N) is 1. The van der Waals surface area contributed by atoms with Gasteiger partial charge in [-0.15, -0.1) is 0 Å². The molecule has 2 atom stereocenters. The van der Waals surface area contributed by atoms with Gasteiger partial charge in [0.2, 0.25) is 5.91 Å². The van der Waals surface area contributed by atoms with Crippen LogP contribution in [0, 0.1) is 5.92 Å². The van der Waals surface area contributed by atoms with Crippen LogP contribution in [0.2, 0.25) is 0 Å². The Labute approximate surface area is 126 Å². The van der Waals surface area contributed by atoms with Gasteiger partial charge in [-0.3, -0.25) is 4.79 Å². The van der Waals surface area contributed by atoms with Crippen LogP contribution >= 0.6 is 0 Å². The summed E-state index contributed by atoms with van der Waals surface area (Å²) in [5, 5.41) is 0. The Morgan fingerprint density at radius 1 is 1.52 bits per heavy atom. The van der Waals surface area contributed by atoms with Crippen LogP contribution in [0.1, 0.15) is 25.3 Å². The normalized spacial score (nSPS) is 22.5. The van der Waals surface area contributed by atoms with E-state index in [1.165, 1.54) is 0 Å². The third kappa shape index (κ3) is 3.85. The lowest BCUT2D eigenvalue weighted by Crippen LogP contribution is -2.50. The Hall–Kier alpha value is -1.81. The molecule has 0 spiro atoms. The molecule has 1 aliphatic rings. The van der Waals surface area contributed by atoms with Crippen LogP contribution in [0.3, 0.4) is 0 Å². The summed E-state index contributed by atoms with van der Waals surface area (Å²) in [6, 6.07) is 7.81. The molecule has 1 fully saturated rings. The average molecular weight is 288 g/mol. The molecule has 2 N–H and O–H groups in total. The van der Waals surface area contributed by atoms with E-state index in [0.29, 0.717) is 12.5 Å². The highest BCUT2D eigenvalue weighted by molar-refractivity contribution is 5.92. The molecule has 0 saturated carbocycles. The van der Waals surface area contributed by atoms with Crippen molar-refractivity contribution < 1.29 is 9.53 Å². The molecule has 2 rings (SSSR count). The number of carbonyl (C=O) groups excluding carboxylic acids is 1. The van der Waals surface area contributed by atoms with Crippen molar-refractivity contribution in [2.24, 2.45) is 11.7 Å². The standard InChI is InChI=1S/C17H24N2O2/c1-13-5-4-10-19(16(13)12-18)17(20)9-8-14-6-3-7-15(11-14)21-2/h3,6-9,11,13,16H,4-5,10,12,18H2,1-2H3/b9-8+. The highest BCUT2D eigenvalue weighted by atomic mass is 16.5. The van der Waals surface area contributed by atoms with Crippen LogP contribution < -0.4 is 10.5 Å². The minimum atomic E-state index is 0.0415. The molecule has 1 saturated heterocycles. The number of hydrogen-bond acceptors (Lipinski definition) is 3. The molecular formula is C17H24N2O2. The zero-order chi connectivity index (χ0) is 15.2. The smallest absolute Gasteiger partial charge is 0.246 e. The zero-order valence-corrected chi connectivity index (χ0v) is 12.8. The fourth-order valence-corrected chi connectivity index (χ4v) is 2.89. The summed E-state index contributed by atoms with van der Waals surface area (Å²) in [5.41, 5.74) is 6.79. The fourth-order valence-electron chi connectivity index (χ4n) is 2.89. The molecule has 0 bridgehead atoms. The lowest BCUT2D eigenvalue weighted by Gasteiger charge is -2.38. The van der Waals surface area contributed by atoms with Crippen LogP contribution in [-0.4, -0.2) is 37.0 Å². The Balaban J connectivity index is 2.07. The lowest BCUT2D eigenvalue weighted by atomic mass is 9.90. The predicted octanol–water partition coefficient (Wildman–Crippen LogP) is 2.29. The van der Waals surface area contributed by atoms with Crippen LogP contribution in [0.15, 0.2) is 30.3 Å². The molecule has 21 heavy (non-hydrogen) atoms. The lowest BCUT2D eigenvalue weighted by molar-refractivity contribution is -0.130. The van der Waals surface area contributed by atoms with Crippen molar-refractivity contribution in [1.82, 2.24) is 4.90 Å². The van der Waals surface area contributed by atoms with Crippen molar-refractivity contribution in [1.29, 1.82) is 0 Å². The Morgan fingerprint density at radius 2 is 2.33 bits per heavy atom. The van der Waals surface area contributed by atoms with Crippen molar-refractivity contribution in [3.05, 3.63) is 35.9 Å². The first kappa shape index (κ1) is 15.6. The average Bonchev–Trinajstić information content (AvgIpc) is 2.52. The molecule has 114 valence electrons. The molecule has 1 heterocycles. The van der Waals surface area contributed by atoms with E-state index in [1.54, 1.807) is 13.2 Å². The molecule has 0 radical (unpaired) electrons. The van der Waals surface area contributed by atoms with Gasteiger partial charge in [-0.25, -0.2) is 0 Å². The maximum Gasteiger partial charge on any atom is 0.246 e. The number of amides is 1. The molecule has 0 aromatic heterocycles. The highest BCUT2D eigenvalue weighted by Crippen LogP contribution is 2.23. The maximum atomic E-state index is 12.4. The van der Waals surface area contributed by atoms with Gasteiger partial charge in [0.05, 0.1) is 7.11 Å². The molecule has 0 aliphatic carbocycles. The van der Waals surface area contributed by atoms with E-state index >= 15 is 0 Å². The minimum Gasteiger partial charge on any atom is -0.497 e. The molecule has 2 unspecified atom stereocenters. The minimum absolute atomic E-state index is 0.0415. The number of nitrogens with zero attached hydrogens (tertiary/aromatic N) is 1. The summed E-state index contributed by atoms with van der Waals surface area (Å²) in [6.45, 7) is 3.50. The summed E-state index contributed by atoms with van der Waals surface area (Å²) < 4.78 is 5.18. The highest BCUT2D eigenvalue weighted by Gasteiger charge is 2.29. The first-order chi connectivity index (χ1) is 10.2. The van der Waals surface area contributed by atoms with Gasteiger partial charge in [0.1, 0.15) is 5.75 Å². The third-order valence-corrected chi connectivity index (χ3v) is 4.15. The quantitative estimate of drug-likeness (QED) is 0.865. The number of methoxy groups -OCH3 is 1.